The van der Waals surface area contributed by atoms with E-state index in [0.29, 0.717) is 19.0 Å². The molecule has 3 rings (SSSR count). The highest BCUT2D eigenvalue weighted by atomic mass is 16.5. The molecule has 0 radical (unpaired) electrons. The number of hydrogen-bond acceptors (Lipinski definition) is 5. The summed E-state index contributed by atoms with van der Waals surface area (Å²) < 4.78 is 8.01. The highest BCUT2D eigenvalue weighted by Crippen LogP contribution is 2.29. The van der Waals surface area contributed by atoms with E-state index in [2.05, 4.69) is 27.9 Å². The number of fused-ring (bicyclic) bond motifs is 3. The molecule has 0 spiro atoms. The van der Waals surface area contributed by atoms with E-state index < -0.39 is 0 Å². The maximum Gasteiger partial charge on any atom is 0.152 e. The molecule has 1 aromatic carbocycles. The fourth-order valence-electron chi connectivity index (χ4n) is 3.10. The van der Waals surface area contributed by atoms with Crippen molar-refractivity contribution in [2.45, 2.75) is 32.7 Å². The molecule has 0 fully saturated rings. The second-order valence-corrected chi connectivity index (χ2v) is 6.21. The van der Waals surface area contributed by atoms with E-state index in [9.17, 15) is 0 Å². The Kier molecular flexibility index (Phi) is 5.83. The van der Waals surface area contributed by atoms with Gasteiger partial charge in [0, 0.05) is 24.9 Å². The largest absolute Gasteiger partial charge is 0.382 e. The molecule has 0 aliphatic carbocycles. The van der Waals surface area contributed by atoms with Crippen molar-refractivity contribution in [1.29, 1.82) is 0 Å². The highest BCUT2D eigenvalue weighted by Gasteiger charge is 2.16. The van der Waals surface area contributed by atoms with Crippen molar-refractivity contribution in [3.8, 4) is 0 Å². The number of benzene rings is 1. The number of aromatic nitrogens is 3. The topological polar surface area (TPSA) is 78.0 Å². The number of aryl methyl sites for hydroxylation is 1. The van der Waals surface area contributed by atoms with Crippen LogP contribution in [-0.4, -0.2) is 41.3 Å². The molecule has 0 unspecified atom stereocenters. The number of imidazole rings is 1. The molecule has 6 nitrogen and oxygen atoms in total. The fraction of sp³-hybridized carbons (Fsp3) is 0.474. The van der Waals surface area contributed by atoms with Crippen LogP contribution in [0.1, 0.15) is 25.6 Å². The van der Waals surface area contributed by atoms with Gasteiger partial charge in [-0.25, -0.2) is 9.97 Å². The molecule has 0 aliphatic heterocycles. The number of para-hydroxylation sites is 1. The van der Waals surface area contributed by atoms with Gasteiger partial charge >= 0.3 is 0 Å². The zero-order valence-electron chi connectivity index (χ0n) is 15.1. The number of nitrogens with zero attached hydrogens (tertiary/aromatic N) is 3. The minimum absolute atomic E-state index is 0.501. The summed E-state index contributed by atoms with van der Waals surface area (Å²) in [6, 6.07) is 8.11. The van der Waals surface area contributed by atoms with E-state index in [1.807, 2.05) is 25.2 Å². The normalized spacial score (nSPS) is 11.6. The van der Waals surface area contributed by atoms with Crippen LogP contribution in [0.15, 0.2) is 24.3 Å². The van der Waals surface area contributed by atoms with Gasteiger partial charge in [0.25, 0.3) is 0 Å². The predicted octanol–water partition coefficient (Wildman–Crippen LogP) is 2.75. The lowest BCUT2D eigenvalue weighted by molar-refractivity contribution is 0.129. The van der Waals surface area contributed by atoms with Gasteiger partial charge < -0.3 is 20.4 Å². The third kappa shape index (κ3) is 3.75. The predicted molar refractivity (Wildman–Crippen MR) is 103 cm³/mol. The third-order valence-electron chi connectivity index (χ3n) is 4.40. The lowest BCUT2D eigenvalue weighted by atomic mass is 10.2. The quantitative estimate of drug-likeness (QED) is 0.585. The second-order valence-electron chi connectivity index (χ2n) is 6.21. The van der Waals surface area contributed by atoms with Gasteiger partial charge in [-0.15, -0.1) is 0 Å². The van der Waals surface area contributed by atoms with Crippen LogP contribution in [-0.2, 0) is 17.7 Å². The Morgan fingerprint density at radius 2 is 2.04 bits per heavy atom. The van der Waals surface area contributed by atoms with E-state index in [4.69, 9.17) is 15.5 Å². The summed E-state index contributed by atoms with van der Waals surface area (Å²) >= 11 is 0. The van der Waals surface area contributed by atoms with Crippen LogP contribution in [0.3, 0.4) is 0 Å². The molecular formula is C19H27N5O. The highest BCUT2D eigenvalue weighted by molar-refractivity contribution is 6.06. The number of rotatable bonds is 9. The van der Waals surface area contributed by atoms with Crippen molar-refractivity contribution in [2.75, 3.05) is 32.5 Å². The van der Waals surface area contributed by atoms with Gasteiger partial charge in [0.2, 0.25) is 0 Å². The fourth-order valence-corrected chi connectivity index (χ4v) is 3.10. The van der Waals surface area contributed by atoms with Gasteiger partial charge in [-0.2, -0.15) is 0 Å². The Morgan fingerprint density at radius 3 is 2.84 bits per heavy atom. The standard InChI is InChI=1S/C19H27N5O/c1-3-4-9-16-23-17-18(24(16)11-13-25-12-10-21-2)14-7-5-6-8-15(14)22-19(17)20/h5-8,21H,3-4,9-13H2,1-2H3,(H2,20,22). The molecule has 0 bridgehead atoms. The summed E-state index contributed by atoms with van der Waals surface area (Å²) in [4.78, 5) is 9.34. The van der Waals surface area contributed by atoms with Gasteiger partial charge in [-0.3, -0.25) is 0 Å². The lowest BCUT2D eigenvalue weighted by Gasteiger charge is -2.11. The van der Waals surface area contributed by atoms with E-state index >= 15 is 0 Å². The van der Waals surface area contributed by atoms with Crippen LogP contribution >= 0.6 is 0 Å². The van der Waals surface area contributed by atoms with Gasteiger partial charge in [0.05, 0.1) is 24.2 Å². The molecule has 0 aliphatic rings. The Balaban J connectivity index is 2.02. The van der Waals surface area contributed by atoms with Crippen LogP contribution in [0.25, 0.3) is 21.9 Å². The molecule has 0 saturated carbocycles. The number of anilines is 1. The number of ether oxygens (including phenoxy) is 1. The van der Waals surface area contributed by atoms with E-state index in [-0.39, 0.29) is 0 Å². The minimum Gasteiger partial charge on any atom is -0.382 e. The average Bonchev–Trinajstić information content (AvgIpc) is 2.99. The molecule has 0 amide bonds. The van der Waals surface area contributed by atoms with Crippen LogP contribution < -0.4 is 11.1 Å². The summed E-state index contributed by atoms with van der Waals surface area (Å²) in [5, 5.41) is 4.19. The molecule has 2 aromatic heterocycles. The van der Waals surface area contributed by atoms with Crippen molar-refractivity contribution in [3.05, 3.63) is 30.1 Å². The van der Waals surface area contributed by atoms with E-state index in [1.54, 1.807) is 0 Å². The molecule has 2 heterocycles. The average molecular weight is 341 g/mol. The Labute approximate surface area is 148 Å². The Bertz CT molecular complexity index is 843. The first-order valence-corrected chi connectivity index (χ1v) is 9.02. The van der Waals surface area contributed by atoms with Crippen molar-refractivity contribution >= 4 is 27.8 Å². The first-order chi connectivity index (χ1) is 12.3. The second kappa shape index (κ2) is 8.27. The molecule has 6 heteroatoms. The number of nitrogens with two attached hydrogens (primary N) is 1. The summed E-state index contributed by atoms with van der Waals surface area (Å²) in [6.07, 6.45) is 3.18. The number of nitrogens with one attached hydrogen (secondary N) is 1. The van der Waals surface area contributed by atoms with Crippen molar-refractivity contribution in [3.63, 3.8) is 0 Å². The van der Waals surface area contributed by atoms with E-state index in [1.165, 1.54) is 0 Å². The minimum atomic E-state index is 0.501. The maximum absolute atomic E-state index is 6.20. The number of pyridine rings is 1. The number of nitrogen functional groups attached to an aromatic ring is 1. The number of likely N-dealkylation sites (N-methyl/N-ethyl adjacent to an activating group) is 1. The number of unbranched alkanes of at least 4 members (excludes halogenated alkanes) is 1. The third-order valence-corrected chi connectivity index (χ3v) is 4.40. The zero-order chi connectivity index (χ0) is 17.6. The monoisotopic (exact) mass is 341 g/mol. The molecular weight excluding hydrogens is 314 g/mol. The summed E-state index contributed by atoms with van der Waals surface area (Å²) in [7, 11) is 1.93. The van der Waals surface area contributed by atoms with Crippen molar-refractivity contribution in [1.82, 2.24) is 19.9 Å². The van der Waals surface area contributed by atoms with Gasteiger partial charge in [-0.1, -0.05) is 31.5 Å². The van der Waals surface area contributed by atoms with Crippen molar-refractivity contribution in [2.24, 2.45) is 0 Å². The first-order valence-electron chi connectivity index (χ1n) is 9.02. The van der Waals surface area contributed by atoms with Crippen LogP contribution in [0.4, 0.5) is 5.82 Å². The van der Waals surface area contributed by atoms with Gasteiger partial charge in [0.15, 0.2) is 5.82 Å². The summed E-state index contributed by atoms with van der Waals surface area (Å²) in [6.45, 7) is 5.18. The smallest absolute Gasteiger partial charge is 0.152 e. The lowest BCUT2D eigenvalue weighted by Crippen LogP contribution is -2.17. The van der Waals surface area contributed by atoms with Gasteiger partial charge in [-0.05, 0) is 19.5 Å². The zero-order valence-corrected chi connectivity index (χ0v) is 15.1. The molecule has 0 atom stereocenters. The summed E-state index contributed by atoms with van der Waals surface area (Å²) in [5.41, 5.74) is 8.99. The SMILES string of the molecule is CCCCc1nc2c(N)nc3ccccc3c2n1CCOCCNC. The van der Waals surface area contributed by atoms with Crippen LogP contribution in [0.5, 0.6) is 0 Å². The van der Waals surface area contributed by atoms with Crippen molar-refractivity contribution < 1.29 is 4.74 Å². The van der Waals surface area contributed by atoms with Crippen LogP contribution in [0, 0.1) is 0 Å². The first kappa shape index (κ1) is 17.6. The molecule has 3 N–H and O–H groups in total. The van der Waals surface area contributed by atoms with Gasteiger partial charge in [0.1, 0.15) is 11.3 Å². The Morgan fingerprint density at radius 1 is 1.20 bits per heavy atom. The molecule has 134 valence electrons. The molecule has 25 heavy (non-hydrogen) atoms. The van der Waals surface area contributed by atoms with Crippen LogP contribution in [0.2, 0.25) is 0 Å². The van der Waals surface area contributed by atoms with E-state index in [0.717, 1.165) is 60.1 Å². The molecule has 0 saturated heterocycles. The molecule has 3 aromatic rings. The Hall–Kier alpha value is -2.18. The summed E-state index contributed by atoms with van der Waals surface area (Å²) in [5.74, 6) is 1.57. The maximum atomic E-state index is 6.20. The number of hydrogen-bond donors (Lipinski definition) is 2.